The van der Waals surface area contributed by atoms with Crippen LogP contribution in [0.2, 0.25) is 0 Å². The summed E-state index contributed by atoms with van der Waals surface area (Å²) >= 11 is 0. The molecule has 3 rings (SSSR count). The Bertz CT molecular complexity index is 1130. The van der Waals surface area contributed by atoms with Crippen LogP contribution in [0.1, 0.15) is 5.56 Å². The summed E-state index contributed by atoms with van der Waals surface area (Å²) < 4.78 is 58.8. The number of ether oxygens (including phenoxy) is 1. The maximum absolute atomic E-state index is 13.4. The predicted octanol–water partition coefficient (Wildman–Crippen LogP) is 3.49. The quantitative estimate of drug-likeness (QED) is 0.575. The van der Waals surface area contributed by atoms with Gasteiger partial charge in [-0.3, -0.25) is 9.10 Å². The van der Waals surface area contributed by atoms with Gasteiger partial charge >= 0.3 is 0 Å². The number of methoxy groups -OCH3 is 1. The van der Waals surface area contributed by atoms with Crippen molar-refractivity contribution in [3.8, 4) is 5.75 Å². The minimum atomic E-state index is -4.13. The molecule has 0 fully saturated rings. The van der Waals surface area contributed by atoms with Gasteiger partial charge in [-0.05, 0) is 66.2 Å². The van der Waals surface area contributed by atoms with Gasteiger partial charge in [0.25, 0.3) is 10.0 Å². The molecule has 0 aliphatic heterocycles. The van der Waals surface area contributed by atoms with Crippen molar-refractivity contribution >= 4 is 21.6 Å². The zero-order valence-corrected chi connectivity index (χ0v) is 17.4. The number of sulfonamides is 1. The topological polar surface area (TPSA) is 75.7 Å². The molecule has 0 atom stereocenters. The normalized spacial score (nSPS) is 11.1. The number of halogens is 2. The van der Waals surface area contributed by atoms with Gasteiger partial charge < -0.3 is 10.1 Å². The van der Waals surface area contributed by atoms with E-state index in [1.165, 1.54) is 67.8 Å². The summed E-state index contributed by atoms with van der Waals surface area (Å²) in [5.74, 6) is -1.04. The lowest BCUT2D eigenvalue weighted by molar-refractivity contribution is -0.119. The number of carbonyl (C=O) groups excluding carboxylic acids is 1. The standard InChI is InChI=1S/C22H20F2N2O4S/c1-30-20-10-12-21(13-11-20)31(28,29)26(19-8-6-18(24)7-9-19)15-22(27)25-14-16-2-4-17(23)5-3-16/h2-13H,14-15H2,1H3,(H,25,27). The average Bonchev–Trinajstić information content (AvgIpc) is 2.78. The first kappa shape index (κ1) is 22.2. The van der Waals surface area contributed by atoms with E-state index in [1.807, 2.05) is 0 Å². The lowest BCUT2D eigenvalue weighted by Crippen LogP contribution is -2.40. The largest absolute Gasteiger partial charge is 0.497 e. The number of benzene rings is 3. The maximum atomic E-state index is 13.4. The Hall–Kier alpha value is -3.46. The fourth-order valence-corrected chi connectivity index (χ4v) is 4.21. The van der Waals surface area contributed by atoms with Crippen LogP contribution in [-0.4, -0.2) is 28.0 Å². The van der Waals surface area contributed by atoms with Gasteiger partial charge in [0.15, 0.2) is 0 Å². The molecule has 0 spiro atoms. The van der Waals surface area contributed by atoms with E-state index in [9.17, 15) is 22.0 Å². The molecule has 9 heteroatoms. The summed E-state index contributed by atoms with van der Waals surface area (Å²) in [6, 6.07) is 16.1. The highest BCUT2D eigenvalue weighted by Gasteiger charge is 2.27. The second kappa shape index (κ2) is 9.57. The lowest BCUT2D eigenvalue weighted by Gasteiger charge is -2.24. The zero-order valence-electron chi connectivity index (χ0n) is 16.6. The lowest BCUT2D eigenvalue weighted by atomic mass is 10.2. The number of carbonyl (C=O) groups is 1. The number of hydrogen-bond donors (Lipinski definition) is 1. The SMILES string of the molecule is COc1ccc(S(=O)(=O)N(CC(=O)NCc2ccc(F)cc2)c2ccc(F)cc2)cc1. The van der Waals surface area contributed by atoms with Crippen molar-refractivity contribution in [3.63, 3.8) is 0 Å². The molecule has 1 N–H and O–H groups in total. The molecule has 3 aromatic carbocycles. The van der Waals surface area contributed by atoms with Crippen LogP contribution >= 0.6 is 0 Å². The van der Waals surface area contributed by atoms with Gasteiger partial charge in [-0.2, -0.15) is 0 Å². The molecule has 1 amide bonds. The average molecular weight is 446 g/mol. The van der Waals surface area contributed by atoms with E-state index in [-0.39, 0.29) is 17.1 Å². The molecule has 0 aliphatic rings. The Morgan fingerprint density at radius 3 is 2.00 bits per heavy atom. The third kappa shape index (κ3) is 5.58. The second-order valence-corrected chi connectivity index (χ2v) is 8.43. The second-order valence-electron chi connectivity index (χ2n) is 6.57. The van der Waals surface area contributed by atoms with E-state index in [0.29, 0.717) is 11.3 Å². The van der Waals surface area contributed by atoms with E-state index in [4.69, 9.17) is 4.74 Å². The Balaban J connectivity index is 1.84. The number of rotatable bonds is 8. The molecule has 162 valence electrons. The molecule has 0 radical (unpaired) electrons. The number of amides is 1. The molecule has 3 aromatic rings. The van der Waals surface area contributed by atoms with E-state index < -0.39 is 34.1 Å². The number of nitrogens with one attached hydrogen (secondary N) is 1. The number of nitrogens with zero attached hydrogens (tertiary/aromatic N) is 1. The fraction of sp³-hybridized carbons (Fsp3) is 0.136. The van der Waals surface area contributed by atoms with Crippen molar-refractivity contribution in [1.82, 2.24) is 5.32 Å². The molecule has 0 heterocycles. The zero-order chi connectivity index (χ0) is 22.4. The first-order chi connectivity index (χ1) is 14.8. The summed E-state index contributed by atoms with van der Waals surface area (Å²) in [7, 11) is -2.67. The van der Waals surface area contributed by atoms with E-state index in [0.717, 1.165) is 16.4 Å². The number of hydrogen-bond acceptors (Lipinski definition) is 4. The van der Waals surface area contributed by atoms with Gasteiger partial charge in [-0.25, -0.2) is 17.2 Å². The van der Waals surface area contributed by atoms with Crippen molar-refractivity contribution in [3.05, 3.63) is 90.0 Å². The van der Waals surface area contributed by atoms with Crippen molar-refractivity contribution in [1.29, 1.82) is 0 Å². The van der Waals surface area contributed by atoms with E-state index in [2.05, 4.69) is 5.32 Å². The third-order valence-electron chi connectivity index (χ3n) is 4.45. The first-order valence-corrected chi connectivity index (χ1v) is 10.7. The molecular weight excluding hydrogens is 426 g/mol. The van der Waals surface area contributed by atoms with Gasteiger partial charge in [-0.15, -0.1) is 0 Å². The van der Waals surface area contributed by atoms with Crippen LogP contribution in [0.25, 0.3) is 0 Å². The van der Waals surface area contributed by atoms with Gasteiger partial charge in [0.05, 0.1) is 17.7 Å². The molecule has 31 heavy (non-hydrogen) atoms. The minimum Gasteiger partial charge on any atom is -0.497 e. The van der Waals surface area contributed by atoms with Crippen LogP contribution in [0.15, 0.2) is 77.7 Å². The molecule has 0 bridgehead atoms. The van der Waals surface area contributed by atoms with Gasteiger partial charge in [0, 0.05) is 6.54 Å². The summed E-state index contributed by atoms with van der Waals surface area (Å²) in [4.78, 5) is 12.5. The summed E-state index contributed by atoms with van der Waals surface area (Å²) in [6.45, 7) is -0.430. The van der Waals surface area contributed by atoms with E-state index >= 15 is 0 Å². The van der Waals surface area contributed by atoms with Crippen LogP contribution in [-0.2, 0) is 21.4 Å². The molecule has 0 saturated heterocycles. The molecule has 0 saturated carbocycles. The smallest absolute Gasteiger partial charge is 0.264 e. The van der Waals surface area contributed by atoms with E-state index in [1.54, 1.807) is 0 Å². The Morgan fingerprint density at radius 2 is 1.45 bits per heavy atom. The fourth-order valence-electron chi connectivity index (χ4n) is 2.79. The molecule has 0 aliphatic carbocycles. The maximum Gasteiger partial charge on any atom is 0.264 e. The molecule has 0 unspecified atom stereocenters. The molecule has 0 aromatic heterocycles. The van der Waals surface area contributed by atoms with Crippen molar-refractivity contribution in [2.75, 3.05) is 18.0 Å². The monoisotopic (exact) mass is 446 g/mol. The molecular formula is C22H20F2N2O4S. The van der Waals surface area contributed by atoms with Crippen molar-refractivity contribution in [2.45, 2.75) is 11.4 Å². The van der Waals surface area contributed by atoms with Crippen LogP contribution in [0.3, 0.4) is 0 Å². The van der Waals surface area contributed by atoms with Gasteiger partial charge in [0.1, 0.15) is 23.9 Å². The highest BCUT2D eigenvalue weighted by Crippen LogP contribution is 2.25. The highest BCUT2D eigenvalue weighted by atomic mass is 32.2. The van der Waals surface area contributed by atoms with Crippen molar-refractivity contribution in [2.24, 2.45) is 0 Å². The van der Waals surface area contributed by atoms with Gasteiger partial charge in [-0.1, -0.05) is 12.1 Å². The van der Waals surface area contributed by atoms with Crippen LogP contribution < -0.4 is 14.4 Å². The van der Waals surface area contributed by atoms with Crippen molar-refractivity contribution < 1.29 is 26.7 Å². The molecule has 6 nitrogen and oxygen atoms in total. The summed E-state index contributed by atoms with van der Waals surface area (Å²) in [5, 5.41) is 2.61. The first-order valence-electron chi connectivity index (χ1n) is 9.23. The predicted molar refractivity (Wildman–Crippen MR) is 112 cm³/mol. The Kier molecular flexibility index (Phi) is 6.86. The third-order valence-corrected chi connectivity index (χ3v) is 6.24. The minimum absolute atomic E-state index is 0.0519. The van der Waals surface area contributed by atoms with Crippen LogP contribution in [0, 0.1) is 11.6 Å². The Morgan fingerprint density at radius 1 is 0.903 bits per heavy atom. The Labute approximate surface area is 179 Å². The summed E-state index contributed by atoms with van der Waals surface area (Å²) in [6.07, 6.45) is 0. The highest BCUT2D eigenvalue weighted by molar-refractivity contribution is 7.92. The summed E-state index contributed by atoms with van der Waals surface area (Å²) in [5.41, 5.74) is 0.787. The van der Waals surface area contributed by atoms with Crippen LogP contribution in [0.5, 0.6) is 5.75 Å². The van der Waals surface area contributed by atoms with Gasteiger partial charge in [0.2, 0.25) is 5.91 Å². The number of anilines is 1. The van der Waals surface area contributed by atoms with Crippen LogP contribution in [0.4, 0.5) is 14.5 Å².